The monoisotopic (exact) mass is 349 g/mol. The summed E-state index contributed by atoms with van der Waals surface area (Å²) in [7, 11) is 0. The van der Waals surface area contributed by atoms with E-state index >= 15 is 0 Å². The number of pyridine rings is 1. The first-order valence-corrected chi connectivity index (χ1v) is 8.31. The summed E-state index contributed by atoms with van der Waals surface area (Å²) in [4.78, 5) is 5.87. The summed E-state index contributed by atoms with van der Waals surface area (Å²) in [5.41, 5.74) is 2.37. The third-order valence-electron chi connectivity index (χ3n) is 3.23. The van der Waals surface area contributed by atoms with Gasteiger partial charge in [-0.1, -0.05) is 6.92 Å². The Balaban J connectivity index is 1.97. The van der Waals surface area contributed by atoms with Crippen molar-refractivity contribution < 1.29 is 0 Å². The highest BCUT2D eigenvalue weighted by Gasteiger charge is 2.10. The number of hydrogen-bond acceptors (Lipinski definition) is 3. The Morgan fingerprint density at radius 1 is 1.45 bits per heavy atom. The van der Waals surface area contributed by atoms with Crippen LogP contribution >= 0.6 is 27.3 Å². The fourth-order valence-electron chi connectivity index (χ4n) is 2.32. The molecule has 3 nitrogen and oxygen atoms in total. The molecule has 1 N–H and O–H groups in total. The smallest absolute Gasteiger partial charge is 0.140 e. The first kappa shape index (κ1) is 13.8. The van der Waals surface area contributed by atoms with Gasteiger partial charge in [0.15, 0.2) is 0 Å². The second kappa shape index (κ2) is 6.08. The summed E-state index contributed by atoms with van der Waals surface area (Å²) in [6.07, 6.45) is 4.08. The second-order valence-electron chi connectivity index (χ2n) is 4.67. The van der Waals surface area contributed by atoms with Crippen molar-refractivity contribution in [2.45, 2.75) is 20.0 Å². The number of rotatable bonds is 5. The van der Waals surface area contributed by atoms with Gasteiger partial charge in [0, 0.05) is 39.1 Å². The van der Waals surface area contributed by atoms with Gasteiger partial charge in [-0.15, -0.1) is 11.3 Å². The zero-order chi connectivity index (χ0) is 13.9. The SMILES string of the molecule is CCNCc1cn(Cc2cc(Br)cs2)c2ncccc12. The summed E-state index contributed by atoms with van der Waals surface area (Å²) >= 11 is 5.28. The molecule has 0 spiro atoms. The quantitative estimate of drug-likeness (QED) is 0.753. The number of nitrogens with one attached hydrogen (secondary N) is 1. The molecule has 0 aromatic carbocycles. The number of hydrogen-bond donors (Lipinski definition) is 1. The predicted molar refractivity (Wildman–Crippen MR) is 88.2 cm³/mol. The van der Waals surface area contributed by atoms with Crippen LogP contribution in [0.1, 0.15) is 17.4 Å². The lowest BCUT2D eigenvalue weighted by Gasteiger charge is -2.01. The largest absolute Gasteiger partial charge is 0.327 e. The van der Waals surface area contributed by atoms with Gasteiger partial charge >= 0.3 is 0 Å². The zero-order valence-electron chi connectivity index (χ0n) is 11.3. The maximum Gasteiger partial charge on any atom is 0.140 e. The minimum atomic E-state index is 0.871. The Morgan fingerprint density at radius 3 is 3.10 bits per heavy atom. The van der Waals surface area contributed by atoms with Crippen LogP contribution in [0.5, 0.6) is 0 Å². The van der Waals surface area contributed by atoms with E-state index in [9.17, 15) is 0 Å². The molecule has 3 rings (SSSR count). The van der Waals surface area contributed by atoms with Crippen molar-refractivity contribution in [2.75, 3.05) is 6.54 Å². The predicted octanol–water partition coefficient (Wildman–Crippen LogP) is 4.02. The van der Waals surface area contributed by atoms with Crippen LogP contribution in [0.4, 0.5) is 0 Å². The molecule has 3 aromatic rings. The number of thiophene rings is 1. The molecule has 3 aromatic heterocycles. The normalized spacial score (nSPS) is 11.3. The van der Waals surface area contributed by atoms with Crippen molar-refractivity contribution in [3.63, 3.8) is 0 Å². The minimum Gasteiger partial charge on any atom is -0.327 e. The molecule has 0 saturated heterocycles. The lowest BCUT2D eigenvalue weighted by molar-refractivity contribution is 0.724. The van der Waals surface area contributed by atoms with E-state index in [0.717, 1.165) is 29.8 Å². The highest BCUT2D eigenvalue weighted by atomic mass is 79.9. The highest BCUT2D eigenvalue weighted by Crippen LogP contribution is 2.24. The molecule has 0 amide bonds. The fraction of sp³-hybridized carbons (Fsp3) is 0.267. The van der Waals surface area contributed by atoms with E-state index in [1.807, 2.05) is 12.3 Å². The van der Waals surface area contributed by atoms with Crippen molar-refractivity contribution in [1.29, 1.82) is 0 Å². The Kier molecular flexibility index (Phi) is 4.19. The summed E-state index contributed by atoms with van der Waals surface area (Å²) in [6, 6.07) is 6.32. The maximum absolute atomic E-state index is 4.54. The number of aromatic nitrogens is 2. The summed E-state index contributed by atoms with van der Waals surface area (Å²) in [5, 5.41) is 6.75. The molecule has 5 heteroatoms. The molecule has 0 aliphatic rings. The topological polar surface area (TPSA) is 29.9 Å². The van der Waals surface area contributed by atoms with Gasteiger partial charge in [0.2, 0.25) is 0 Å². The maximum atomic E-state index is 4.54. The van der Waals surface area contributed by atoms with Crippen LogP contribution < -0.4 is 5.32 Å². The Bertz CT molecular complexity index is 717. The van der Waals surface area contributed by atoms with Crippen LogP contribution in [-0.4, -0.2) is 16.1 Å². The molecule has 0 fully saturated rings. The van der Waals surface area contributed by atoms with Gasteiger partial charge in [0.05, 0.1) is 6.54 Å². The van der Waals surface area contributed by atoms with Gasteiger partial charge in [-0.2, -0.15) is 0 Å². The van der Waals surface area contributed by atoms with Gasteiger partial charge in [-0.05, 0) is 46.2 Å². The number of fused-ring (bicyclic) bond motifs is 1. The molecule has 0 aliphatic carbocycles. The van der Waals surface area contributed by atoms with E-state index in [-0.39, 0.29) is 0 Å². The first-order valence-electron chi connectivity index (χ1n) is 6.64. The van der Waals surface area contributed by atoms with Crippen LogP contribution in [0.15, 0.2) is 40.4 Å². The summed E-state index contributed by atoms with van der Waals surface area (Å²) in [5.74, 6) is 0. The van der Waals surface area contributed by atoms with Crippen molar-refractivity contribution in [1.82, 2.24) is 14.9 Å². The molecule has 0 unspecified atom stereocenters. The van der Waals surface area contributed by atoms with Crippen molar-refractivity contribution >= 4 is 38.3 Å². The van der Waals surface area contributed by atoms with E-state index in [1.54, 1.807) is 11.3 Å². The third-order valence-corrected chi connectivity index (χ3v) is 4.91. The van der Waals surface area contributed by atoms with Gasteiger partial charge < -0.3 is 9.88 Å². The number of nitrogens with zero attached hydrogens (tertiary/aromatic N) is 2. The van der Waals surface area contributed by atoms with Crippen LogP contribution in [0, 0.1) is 0 Å². The molecule has 104 valence electrons. The molecule has 0 saturated carbocycles. The second-order valence-corrected chi connectivity index (χ2v) is 6.58. The van der Waals surface area contributed by atoms with Crippen LogP contribution in [-0.2, 0) is 13.1 Å². The Hall–Kier alpha value is -1.17. The molecule has 0 bridgehead atoms. The van der Waals surface area contributed by atoms with E-state index in [1.165, 1.54) is 15.8 Å². The Morgan fingerprint density at radius 2 is 2.35 bits per heavy atom. The zero-order valence-corrected chi connectivity index (χ0v) is 13.7. The summed E-state index contributed by atoms with van der Waals surface area (Å²) < 4.78 is 3.38. The molecule has 0 radical (unpaired) electrons. The van der Waals surface area contributed by atoms with E-state index in [0.29, 0.717) is 0 Å². The van der Waals surface area contributed by atoms with Crippen molar-refractivity contribution in [3.05, 3.63) is 50.9 Å². The molecule has 0 aliphatic heterocycles. The van der Waals surface area contributed by atoms with Gasteiger partial charge in [-0.25, -0.2) is 4.98 Å². The van der Waals surface area contributed by atoms with Crippen LogP contribution in [0.25, 0.3) is 11.0 Å². The molecular formula is C15H16BrN3S. The highest BCUT2D eigenvalue weighted by molar-refractivity contribution is 9.10. The summed E-state index contributed by atoms with van der Waals surface area (Å²) in [6.45, 7) is 4.86. The van der Waals surface area contributed by atoms with E-state index in [4.69, 9.17) is 0 Å². The molecule has 20 heavy (non-hydrogen) atoms. The minimum absolute atomic E-state index is 0.871. The van der Waals surface area contributed by atoms with E-state index < -0.39 is 0 Å². The average molecular weight is 350 g/mol. The van der Waals surface area contributed by atoms with Gasteiger partial charge in [0.25, 0.3) is 0 Å². The first-order chi connectivity index (χ1) is 9.78. The number of halogens is 1. The Labute approximate surface area is 130 Å². The lowest BCUT2D eigenvalue weighted by Crippen LogP contribution is -2.11. The van der Waals surface area contributed by atoms with E-state index in [2.05, 4.69) is 61.4 Å². The lowest BCUT2D eigenvalue weighted by atomic mass is 10.2. The van der Waals surface area contributed by atoms with Crippen LogP contribution in [0.3, 0.4) is 0 Å². The third kappa shape index (κ3) is 2.80. The average Bonchev–Trinajstić information content (AvgIpc) is 3.02. The van der Waals surface area contributed by atoms with Crippen molar-refractivity contribution in [2.24, 2.45) is 0 Å². The molecule has 0 atom stereocenters. The van der Waals surface area contributed by atoms with Gasteiger partial charge in [0.1, 0.15) is 5.65 Å². The van der Waals surface area contributed by atoms with Gasteiger partial charge in [-0.3, -0.25) is 0 Å². The standard InChI is InChI=1S/C15H16BrN3S/c1-2-17-7-11-8-19(9-13-6-12(16)10-20-13)15-14(11)4-3-5-18-15/h3-6,8,10,17H,2,7,9H2,1H3. The van der Waals surface area contributed by atoms with Crippen LogP contribution in [0.2, 0.25) is 0 Å². The fourth-order valence-corrected chi connectivity index (χ4v) is 3.77. The molecular weight excluding hydrogens is 334 g/mol. The molecule has 3 heterocycles. The van der Waals surface area contributed by atoms with Crippen molar-refractivity contribution in [3.8, 4) is 0 Å².